The van der Waals surface area contributed by atoms with Gasteiger partial charge < -0.3 is 14.6 Å². The maximum Gasteiger partial charge on any atom is 0.252 e. The number of nitrogens with zero attached hydrogens (tertiary/aromatic N) is 3. The average molecular weight is 335 g/mol. The largest absolute Gasteiger partial charge is 0.370 e. The first kappa shape index (κ1) is 16.0. The molecule has 23 heavy (non-hydrogen) atoms. The predicted molar refractivity (Wildman–Crippen MR) is 86.2 cm³/mol. The van der Waals surface area contributed by atoms with Gasteiger partial charge in [-0.15, -0.1) is 0 Å². The van der Waals surface area contributed by atoms with Crippen LogP contribution < -0.4 is 5.32 Å². The molecule has 7 heteroatoms. The zero-order valence-electron chi connectivity index (χ0n) is 12.9. The maximum absolute atomic E-state index is 12.3. The van der Waals surface area contributed by atoms with Gasteiger partial charge >= 0.3 is 0 Å². The van der Waals surface area contributed by atoms with Crippen LogP contribution in [-0.2, 0) is 11.8 Å². The van der Waals surface area contributed by atoms with Gasteiger partial charge in [0.2, 0.25) is 0 Å². The van der Waals surface area contributed by atoms with Gasteiger partial charge in [0.1, 0.15) is 11.9 Å². The number of aromatic nitrogens is 3. The Hall–Kier alpha value is -1.92. The lowest BCUT2D eigenvalue weighted by molar-refractivity contribution is -0.0337. The summed E-state index contributed by atoms with van der Waals surface area (Å²) in [6.45, 7) is 1.24. The number of ether oxygens (including phenoxy) is 1. The van der Waals surface area contributed by atoms with Crippen molar-refractivity contribution in [3.8, 4) is 0 Å². The van der Waals surface area contributed by atoms with Crippen LogP contribution in [0.5, 0.6) is 0 Å². The SMILES string of the molecule is Cn1ccnc1[C@@H]1OCCC[C@H]1CNC(=O)c1ccncc1Cl. The Morgan fingerprint density at radius 2 is 2.39 bits per heavy atom. The van der Waals surface area contributed by atoms with Gasteiger partial charge in [-0.05, 0) is 18.9 Å². The molecule has 1 N–H and O–H groups in total. The maximum atomic E-state index is 12.3. The molecule has 0 bridgehead atoms. The number of nitrogens with one attached hydrogen (secondary N) is 1. The summed E-state index contributed by atoms with van der Waals surface area (Å²) in [5.41, 5.74) is 0.437. The van der Waals surface area contributed by atoms with Crippen molar-refractivity contribution in [2.45, 2.75) is 18.9 Å². The molecule has 1 aliphatic rings. The molecule has 2 aromatic rings. The predicted octanol–water partition coefficient (Wildman–Crippen LogP) is 2.37. The molecule has 2 aromatic heterocycles. The first-order valence-corrected chi connectivity index (χ1v) is 8.01. The van der Waals surface area contributed by atoms with E-state index >= 15 is 0 Å². The van der Waals surface area contributed by atoms with Gasteiger partial charge in [0.05, 0.1) is 10.6 Å². The van der Waals surface area contributed by atoms with Gasteiger partial charge in [-0.25, -0.2) is 4.98 Å². The molecule has 1 saturated heterocycles. The molecule has 0 radical (unpaired) electrons. The quantitative estimate of drug-likeness (QED) is 0.932. The van der Waals surface area contributed by atoms with E-state index in [1.165, 1.54) is 6.20 Å². The molecule has 0 saturated carbocycles. The second-order valence-corrected chi connectivity index (χ2v) is 6.06. The van der Waals surface area contributed by atoms with E-state index in [2.05, 4.69) is 15.3 Å². The number of amides is 1. The molecular formula is C16H19ClN4O2. The highest BCUT2D eigenvalue weighted by Gasteiger charge is 2.30. The highest BCUT2D eigenvalue weighted by Crippen LogP contribution is 2.32. The minimum atomic E-state index is -0.193. The van der Waals surface area contributed by atoms with Crippen molar-refractivity contribution in [3.05, 3.63) is 47.3 Å². The zero-order valence-corrected chi connectivity index (χ0v) is 13.7. The molecule has 122 valence electrons. The fourth-order valence-corrected chi connectivity index (χ4v) is 3.07. The summed E-state index contributed by atoms with van der Waals surface area (Å²) >= 11 is 6.01. The summed E-state index contributed by atoms with van der Waals surface area (Å²) in [5.74, 6) is 0.891. The summed E-state index contributed by atoms with van der Waals surface area (Å²) in [4.78, 5) is 20.6. The number of rotatable bonds is 4. The standard InChI is InChI=1S/C16H19ClN4O2/c1-21-7-6-19-15(21)14-11(3-2-8-23-14)9-20-16(22)12-4-5-18-10-13(12)17/h4-7,10-11,14H,2-3,8-9H2,1H3,(H,20,22)/t11-,14+/m0/s1. The van der Waals surface area contributed by atoms with E-state index in [9.17, 15) is 4.79 Å². The van der Waals surface area contributed by atoms with Gasteiger partial charge in [-0.3, -0.25) is 9.78 Å². The lowest BCUT2D eigenvalue weighted by atomic mass is 9.93. The first-order chi connectivity index (χ1) is 11.2. The fraction of sp³-hybridized carbons (Fsp3) is 0.438. The fourth-order valence-electron chi connectivity index (χ4n) is 2.87. The Bertz CT molecular complexity index is 688. The van der Waals surface area contributed by atoms with Crippen LogP contribution in [0.4, 0.5) is 0 Å². The number of aryl methyl sites for hydroxylation is 1. The topological polar surface area (TPSA) is 69.0 Å². The van der Waals surface area contributed by atoms with Gasteiger partial charge in [-0.1, -0.05) is 11.6 Å². The third-order valence-corrected chi connectivity index (χ3v) is 4.40. The second-order valence-electron chi connectivity index (χ2n) is 5.66. The molecule has 6 nitrogen and oxygen atoms in total. The summed E-state index contributed by atoms with van der Waals surface area (Å²) < 4.78 is 7.87. The summed E-state index contributed by atoms with van der Waals surface area (Å²) in [7, 11) is 1.95. The lowest BCUT2D eigenvalue weighted by Crippen LogP contribution is -2.36. The molecule has 0 aromatic carbocycles. The normalized spacial score (nSPS) is 21.1. The Morgan fingerprint density at radius 1 is 1.52 bits per heavy atom. The monoisotopic (exact) mass is 334 g/mol. The number of hydrogen-bond donors (Lipinski definition) is 1. The van der Waals surface area contributed by atoms with Crippen LogP contribution in [0.3, 0.4) is 0 Å². The number of imidazole rings is 1. The van der Waals surface area contributed by atoms with Crippen LogP contribution in [0.25, 0.3) is 0 Å². The summed E-state index contributed by atoms with van der Waals surface area (Å²) in [6.07, 6.45) is 8.56. The van der Waals surface area contributed by atoms with E-state index in [0.717, 1.165) is 25.3 Å². The van der Waals surface area contributed by atoms with E-state index in [0.29, 0.717) is 17.1 Å². The van der Waals surface area contributed by atoms with E-state index < -0.39 is 0 Å². The van der Waals surface area contributed by atoms with Crippen molar-refractivity contribution < 1.29 is 9.53 Å². The molecule has 1 aliphatic heterocycles. The summed E-state index contributed by atoms with van der Waals surface area (Å²) in [5, 5.41) is 3.31. The molecule has 1 fully saturated rings. The third-order valence-electron chi connectivity index (χ3n) is 4.10. The molecule has 3 heterocycles. The molecule has 0 spiro atoms. The van der Waals surface area contributed by atoms with Crippen LogP contribution in [0, 0.1) is 5.92 Å². The molecule has 0 aliphatic carbocycles. The minimum absolute atomic E-state index is 0.100. The van der Waals surface area contributed by atoms with Crippen molar-refractivity contribution in [2.24, 2.45) is 13.0 Å². The van der Waals surface area contributed by atoms with Gasteiger partial charge in [0.25, 0.3) is 5.91 Å². The Morgan fingerprint density at radius 3 is 3.13 bits per heavy atom. The van der Waals surface area contributed by atoms with Crippen molar-refractivity contribution in [1.29, 1.82) is 0 Å². The van der Waals surface area contributed by atoms with E-state index in [1.807, 2.05) is 17.8 Å². The minimum Gasteiger partial charge on any atom is -0.370 e. The molecule has 1 amide bonds. The Labute approximate surface area is 139 Å². The third kappa shape index (κ3) is 3.54. The number of carbonyl (C=O) groups is 1. The van der Waals surface area contributed by atoms with E-state index in [1.54, 1.807) is 18.5 Å². The number of hydrogen-bond acceptors (Lipinski definition) is 4. The van der Waals surface area contributed by atoms with Crippen LogP contribution in [-0.4, -0.2) is 33.6 Å². The van der Waals surface area contributed by atoms with Gasteiger partial charge in [0.15, 0.2) is 0 Å². The zero-order chi connectivity index (χ0) is 16.2. The van der Waals surface area contributed by atoms with E-state index in [-0.39, 0.29) is 17.9 Å². The number of pyridine rings is 1. The first-order valence-electron chi connectivity index (χ1n) is 7.63. The van der Waals surface area contributed by atoms with Crippen molar-refractivity contribution in [2.75, 3.05) is 13.2 Å². The van der Waals surface area contributed by atoms with Crippen molar-refractivity contribution in [1.82, 2.24) is 19.9 Å². The summed E-state index contributed by atoms with van der Waals surface area (Å²) in [6, 6.07) is 1.62. The van der Waals surface area contributed by atoms with Gasteiger partial charge in [-0.2, -0.15) is 0 Å². The van der Waals surface area contributed by atoms with Crippen LogP contribution in [0.2, 0.25) is 5.02 Å². The Balaban J connectivity index is 1.67. The second kappa shape index (κ2) is 7.10. The van der Waals surface area contributed by atoms with E-state index in [4.69, 9.17) is 16.3 Å². The average Bonchev–Trinajstić information content (AvgIpc) is 2.99. The van der Waals surface area contributed by atoms with Crippen LogP contribution in [0.15, 0.2) is 30.9 Å². The molecule has 2 atom stereocenters. The molecule has 0 unspecified atom stereocenters. The van der Waals surface area contributed by atoms with Gasteiger partial charge in [0, 0.05) is 50.9 Å². The number of carbonyl (C=O) groups excluding carboxylic acids is 1. The molecular weight excluding hydrogens is 316 g/mol. The van der Waals surface area contributed by atoms with Crippen LogP contribution >= 0.6 is 11.6 Å². The highest BCUT2D eigenvalue weighted by atomic mass is 35.5. The van der Waals surface area contributed by atoms with Crippen molar-refractivity contribution in [3.63, 3.8) is 0 Å². The van der Waals surface area contributed by atoms with Crippen LogP contribution in [0.1, 0.15) is 35.1 Å². The number of halogens is 1. The lowest BCUT2D eigenvalue weighted by Gasteiger charge is -2.31. The van der Waals surface area contributed by atoms with Crippen molar-refractivity contribution >= 4 is 17.5 Å². The highest BCUT2D eigenvalue weighted by molar-refractivity contribution is 6.33. The Kier molecular flexibility index (Phi) is 4.93. The molecule has 3 rings (SSSR count). The smallest absolute Gasteiger partial charge is 0.252 e.